The van der Waals surface area contributed by atoms with Crippen molar-refractivity contribution in [2.45, 2.75) is 38.6 Å². The minimum absolute atomic E-state index is 0.480. The van der Waals surface area contributed by atoms with Gasteiger partial charge in [-0.25, -0.2) is 0 Å². The van der Waals surface area contributed by atoms with E-state index in [1.54, 1.807) is 0 Å². The van der Waals surface area contributed by atoms with E-state index in [4.69, 9.17) is 10.5 Å². The molecule has 0 aromatic rings. The Morgan fingerprint density at radius 3 is 2.73 bits per heavy atom. The minimum atomic E-state index is 0.480. The molecule has 88 valence electrons. The third-order valence-electron chi connectivity index (χ3n) is 3.91. The monoisotopic (exact) mass is 212 g/mol. The Kier molecular flexibility index (Phi) is 3.65. The lowest BCUT2D eigenvalue weighted by Gasteiger charge is -2.45. The second-order valence-corrected chi connectivity index (χ2v) is 5.46. The summed E-state index contributed by atoms with van der Waals surface area (Å²) in [4.78, 5) is 2.62. The SMILES string of the molecule is CC1(CCN2CCC2CCCN)COC1. The lowest BCUT2D eigenvalue weighted by molar-refractivity contribution is -0.112. The summed E-state index contributed by atoms with van der Waals surface area (Å²) in [7, 11) is 0. The van der Waals surface area contributed by atoms with Crippen LogP contribution in [0.4, 0.5) is 0 Å². The summed E-state index contributed by atoms with van der Waals surface area (Å²) in [5.41, 5.74) is 6.02. The Hall–Kier alpha value is -0.120. The lowest BCUT2D eigenvalue weighted by Crippen LogP contribution is -2.50. The van der Waals surface area contributed by atoms with E-state index < -0.39 is 0 Å². The number of nitrogens with zero attached hydrogens (tertiary/aromatic N) is 1. The van der Waals surface area contributed by atoms with Crippen LogP contribution in [0.15, 0.2) is 0 Å². The molecule has 2 rings (SSSR count). The highest BCUT2D eigenvalue weighted by molar-refractivity contribution is 4.87. The van der Waals surface area contributed by atoms with Crippen LogP contribution in [-0.4, -0.2) is 43.8 Å². The van der Waals surface area contributed by atoms with Gasteiger partial charge in [-0.3, -0.25) is 0 Å². The number of hydrogen-bond acceptors (Lipinski definition) is 3. The summed E-state index contributed by atoms with van der Waals surface area (Å²) in [6.07, 6.45) is 5.16. The van der Waals surface area contributed by atoms with Gasteiger partial charge in [-0.15, -0.1) is 0 Å². The number of likely N-dealkylation sites (tertiary alicyclic amines) is 1. The van der Waals surface area contributed by atoms with Crippen LogP contribution in [0.2, 0.25) is 0 Å². The molecule has 1 unspecified atom stereocenters. The highest BCUT2D eigenvalue weighted by atomic mass is 16.5. The Morgan fingerprint density at radius 2 is 2.27 bits per heavy atom. The van der Waals surface area contributed by atoms with Gasteiger partial charge in [0, 0.05) is 11.5 Å². The average Bonchev–Trinajstić information content (AvgIpc) is 2.14. The zero-order valence-electron chi connectivity index (χ0n) is 9.87. The van der Waals surface area contributed by atoms with Crippen LogP contribution in [0.25, 0.3) is 0 Å². The van der Waals surface area contributed by atoms with Crippen molar-refractivity contribution in [1.82, 2.24) is 4.90 Å². The number of rotatable bonds is 6. The molecule has 15 heavy (non-hydrogen) atoms. The van der Waals surface area contributed by atoms with Crippen LogP contribution in [0.5, 0.6) is 0 Å². The van der Waals surface area contributed by atoms with Crippen molar-refractivity contribution in [3.63, 3.8) is 0 Å². The van der Waals surface area contributed by atoms with Gasteiger partial charge in [0.2, 0.25) is 0 Å². The van der Waals surface area contributed by atoms with Crippen LogP contribution >= 0.6 is 0 Å². The van der Waals surface area contributed by atoms with E-state index in [1.165, 1.54) is 38.8 Å². The molecule has 0 saturated carbocycles. The van der Waals surface area contributed by atoms with Gasteiger partial charge >= 0.3 is 0 Å². The van der Waals surface area contributed by atoms with Crippen LogP contribution in [0.3, 0.4) is 0 Å². The van der Waals surface area contributed by atoms with Gasteiger partial charge in [0.25, 0.3) is 0 Å². The fraction of sp³-hybridized carbons (Fsp3) is 1.00. The van der Waals surface area contributed by atoms with E-state index >= 15 is 0 Å². The summed E-state index contributed by atoms with van der Waals surface area (Å²) in [5.74, 6) is 0. The Morgan fingerprint density at radius 1 is 1.47 bits per heavy atom. The van der Waals surface area contributed by atoms with E-state index in [2.05, 4.69) is 11.8 Å². The standard InChI is InChI=1S/C12H24N2O/c1-12(9-15-10-12)5-8-14-7-4-11(14)3-2-6-13/h11H,2-10,13H2,1H3. The first kappa shape index (κ1) is 11.4. The topological polar surface area (TPSA) is 38.5 Å². The Bertz CT molecular complexity index is 204. The van der Waals surface area contributed by atoms with Crippen molar-refractivity contribution in [3.8, 4) is 0 Å². The van der Waals surface area contributed by atoms with Crippen molar-refractivity contribution in [2.24, 2.45) is 11.1 Å². The van der Waals surface area contributed by atoms with E-state index in [1.807, 2.05) is 0 Å². The van der Waals surface area contributed by atoms with Gasteiger partial charge in [-0.05, 0) is 45.3 Å². The zero-order valence-corrected chi connectivity index (χ0v) is 9.87. The molecular weight excluding hydrogens is 188 g/mol. The van der Waals surface area contributed by atoms with Crippen molar-refractivity contribution >= 4 is 0 Å². The fourth-order valence-corrected chi connectivity index (χ4v) is 2.48. The first-order valence-electron chi connectivity index (χ1n) is 6.25. The third kappa shape index (κ3) is 2.71. The Balaban J connectivity index is 1.62. The summed E-state index contributed by atoms with van der Waals surface area (Å²) < 4.78 is 5.28. The third-order valence-corrected chi connectivity index (χ3v) is 3.91. The summed E-state index contributed by atoms with van der Waals surface area (Å²) >= 11 is 0. The second-order valence-electron chi connectivity index (χ2n) is 5.46. The molecule has 0 spiro atoms. The maximum atomic E-state index is 5.54. The largest absolute Gasteiger partial charge is 0.380 e. The van der Waals surface area contributed by atoms with E-state index in [9.17, 15) is 0 Å². The van der Waals surface area contributed by atoms with Gasteiger partial charge < -0.3 is 15.4 Å². The van der Waals surface area contributed by atoms with E-state index in [0.29, 0.717) is 5.41 Å². The van der Waals surface area contributed by atoms with Crippen LogP contribution in [0.1, 0.15) is 32.6 Å². The predicted molar refractivity (Wildman–Crippen MR) is 61.8 cm³/mol. The molecule has 0 aromatic carbocycles. The summed E-state index contributed by atoms with van der Waals surface area (Å²) in [5, 5.41) is 0. The maximum Gasteiger partial charge on any atom is 0.0542 e. The normalized spacial score (nSPS) is 29.6. The minimum Gasteiger partial charge on any atom is -0.380 e. The van der Waals surface area contributed by atoms with E-state index in [-0.39, 0.29) is 0 Å². The molecule has 0 aromatic heterocycles. The predicted octanol–water partition coefficient (Wildman–Crippen LogP) is 1.23. The Labute approximate surface area is 93.0 Å². The molecule has 3 heteroatoms. The molecule has 0 radical (unpaired) electrons. The molecule has 0 amide bonds. The van der Waals surface area contributed by atoms with Gasteiger partial charge in [-0.1, -0.05) is 6.92 Å². The van der Waals surface area contributed by atoms with Crippen molar-refractivity contribution < 1.29 is 4.74 Å². The zero-order chi connectivity index (χ0) is 10.7. The molecular formula is C12H24N2O. The smallest absolute Gasteiger partial charge is 0.0542 e. The molecule has 0 bridgehead atoms. The number of ether oxygens (including phenoxy) is 1. The first-order valence-corrected chi connectivity index (χ1v) is 6.25. The second kappa shape index (κ2) is 4.81. The highest BCUT2D eigenvalue weighted by Crippen LogP contribution is 2.32. The molecule has 2 heterocycles. The summed E-state index contributed by atoms with van der Waals surface area (Å²) in [6, 6.07) is 0.832. The van der Waals surface area contributed by atoms with Gasteiger partial charge in [0.15, 0.2) is 0 Å². The van der Waals surface area contributed by atoms with E-state index in [0.717, 1.165) is 25.8 Å². The van der Waals surface area contributed by atoms with Crippen LogP contribution in [-0.2, 0) is 4.74 Å². The van der Waals surface area contributed by atoms with Crippen LogP contribution < -0.4 is 5.73 Å². The average molecular weight is 212 g/mol. The molecule has 2 aliphatic rings. The molecule has 0 aliphatic carbocycles. The lowest BCUT2D eigenvalue weighted by atomic mass is 9.84. The molecule has 1 atom stereocenters. The maximum absolute atomic E-state index is 5.54. The molecule has 2 saturated heterocycles. The molecule has 3 nitrogen and oxygen atoms in total. The number of hydrogen-bond donors (Lipinski definition) is 1. The van der Waals surface area contributed by atoms with Gasteiger partial charge in [0.05, 0.1) is 13.2 Å². The fourth-order valence-electron chi connectivity index (χ4n) is 2.48. The van der Waals surface area contributed by atoms with Crippen molar-refractivity contribution in [2.75, 3.05) is 32.8 Å². The van der Waals surface area contributed by atoms with Crippen LogP contribution in [0, 0.1) is 5.41 Å². The molecule has 2 N–H and O–H groups in total. The van der Waals surface area contributed by atoms with Crippen molar-refractivity contribution in [3.05, 3.63) is 0 Å². The summed E-state index contributed by atoms with van der Waals surface area (Å²) in [6.45, 7) is 7.67. The number of nitrogens with two attached hydrogens (primary N) is 1. The highest BCUT2D eigenvalue weighted by Gasteiger charge is 2.35. The van der Waals surface area contributed by atoms with Gasteiger partial charge in [-0.2, -0.15) is 0 Å². The molecule has 2 aliphatic heterocycles. The molecule has 2 fully saturated rings. The first-order chi connectivity index (χ1) is 7.23. The quantitative estimate of drug-likeness (QED) is 0.719. The van der Waals surface area contributed by atoms with Crippen molar-refractivity contribution in [1.29, 1.82) is 0 Å². The van der Waals surface area contributed by atoms with Gasteiger partial charge in [0.1, 0.15) is 0 Å².